The molecule has 4 heterocycles. The number of rotatable bonds is 9. The standard InChI is InChI=1S/C31H33F3N6O4S/c1-4-44-29(42)23-16-40(12-11-39-9-5-6-10-39)24-8-7-19(13-21(24)27(23)41)22-15-35-26(38-30(43)36-18(2)3)14-20(22)28-37-25(17-45-28)31(32,33)34/h7-8,13-18H,4-6,9-12H2,1-3H3,(H2,35,36,38,43). The number of carbonyl (C=O) groups excluding carboxylic acids is 2. The van der Waals surface area contributed by atoms with Crippen LogP contribution in [0.2, 0.25) is 0 Å². The van der Waals surface area contributed by atoms with Crippen molar-refractivity contribution in [3.05, 3.63) is 63.5 Å². The van der Waals surface area contributed by atoms with Crippen LogP contribution in [-0.4, -0.2) is 63.7 Å². The summed E-state index contributed by atoms with van der Waals surface area (Å²) in [6.07, 6.45) is 0.546. The molecule has 2 amide bonds. The molecule has 14 heteroatoms. The van der Waals surface area contributed by atoms with E-state index in [2.05, 4.69) is 25.5 Å². The Balaban J connectivity index is 1.63. The Morgan fingerprint density at radius 2 is 1.87 bits per heavy atom. The van der Waals surface area contributed by atoms with E-state index in [-0.39, 0.29) is 40.0 Å². The van der Waals surface area contributed by atoms with Gasteiger partial charge < -0.3 is 19.5 Å². The minimum Gasteiger partial charge on any atom is -0.462 e. The van der Waals surface area contributed by atoms with E-state index < -0.39 is 29.3 Å². The van der Waals surface area contributed by atoms with Crippen molar-refractivity contribution < 1.29 is 27.5 Å². The van der Waals surface area contributed by atoms with Gasteiger partial charge in [0.2, 0.25) is 5.43 Å². The van der Waals surface area contributed by atoms with Crippen molar-refractivity contribution in [2.45, 2.75) is 52.4 Å². The summed E-state index contributed by atoms with van der Waals surface area (Å²) >= 11 is 0.797. The number of hydrogen-bond donors (Lipinski definition) is 2. The Hall–Kier alpha value is -4.30. The number of pyridine rings is 2. The van der Waals surface area contributed by atoms with Gasteiger partial charge in [-0.05, 0) is 70.5 Å². The smallest absolute Gasteiger partial charge is 0.434 e. The third kappa shape index (κ3) is 7.34. The first kappa shape index (κ1) is 32.1. The molecule has 5 rings (SSSR count). The van der Waals surface area contributed by atoms with E-state index in [9.17, 15) is 27.6 Å². The van der Waals surface area contributed by atoms with Gasteiger partial charge in [0.15, 0.2) is 5.69 Å². The van der Waals surface area contributed by atoms with Gasteiger partial charge in [-0.15, -0.1) is 11.3 Å². The molecule has 0 spiro atoms. The zero-order chi connectivity index (χ0) is 32.3. The third-order valence-electron chi connectivity index (χ3n) is 7.33. The van der Waals surface area contributed by atoms with E-state index >= 15 is 0 Å². The van der Waals surface area contributed by atoms with Gasteiger partial charge in [0, 0.05) is 53.4 Å². The monoisotopic (exact) mass is 642 g/mol. The molecule has 0 saturated carbocycles. The molecule has 45 heavy (non-hydrogen) atoms. The molecular formula is C31H33F3N6O4S. The highest BCUT2D eigenvalue weighted by Crippen LogP contribution is 2.39. The number of hydrogen-bond acceptors (Lipinski definition) is 8. The highest BCUT2D eigenvalue weighted by molar-refractivity contribution is 7.13. The van der Waals surface area contributed by atoms with Crippen molar-refractivity contribution in [3.63, 3.8) is 0 Å². The molecule has 1 aliphatic rings. The van der Waals surface area contributed by atoms with Crippen LogP contribution in [0, 0.1) is 0 Å². The van der Waals surface area contributed by atoms with Gasteiger partial charge in [-0.1, -0.05) is 6.07 Å². The lowest BCUT2D eigenvalue weighted by Gasteiger charge is -2.19. The van der Waals surface area contributed by atoms with Crippen molar-refractivity contribution in [1.29, 1.82) is 0 Å². The van der Waals surface area contributed by atoms with Crippen LogP contribution >= 0.6 is 11.3 Å². The fraction of sp³-hybridized carbons (Fsp3) is 0.387. The quantitative estimate of drug-likeness (QED) is 0.215. The van der Waals surface area contributed by atoms with Crippen LogP contribution in [-0.2, 0) is 17.5 Å². The largest absolute Gasteiger partial charge is 0.462 e. The molecule has 1 saturated heterocycles. The van der Waals surface area contributed by atoms with Crippen molar-refractivity contribution in [2.24, 2.45) is 0 Å². The number of aromatic nitrogens is 3. The van der Waals surface area contributed by atoms with Crippen LogP contribution < -0.4 is 16.1 Å². The highest BCUT2D eigenvalue weighted by Gasteiger charge is 2.34. The van der Waals surface area contributed by atoms with E-state index in [1.165, 1.54) is 18.5 Å². The Kier molecular flexibility index (Phi) is 9.53. The number of carbonyl (C=O) groups is 2. The SMILES string of the molecule is CCOC(=O)c1cn(CCN2CCCC2)c2ccc(-c3cnc(NC(=O)NC(C)C)cc3-c3nc(C(F)(F)F)cs3)cc2c1=O. The lowest BCUT2D eigenvalue weighted by molar-refractivity contribution is -0.140. The van der Waals surface area contributed by atoms with E-state index in [0.29, 0.717) is 23.2 Å². The predicted molar refractivity (Wildman–Crippen MR) is 166 cm³/mol. The van der Waals surface area contributed by atoms with Crippen LogP contribution in [0.3, 0.4) is 0 Å². The second kappa shape index (κ2) is 13.4. The van der Waals surface area contributed by atoms with Crippen LogP contribution in [0.4, 0.5) is 23.8 Å². The minimum absolute atomic E-state index is 0.0513. The van der Waals surface area contributed by atoms with Crippen LogP contribution in [0.25, 0.3) is 32.6 Å². The van der Waals surface area contributed by atoms with Gasteiger partial charge in [0.25, 0.3) is 0 Å². The number of alkyl halides is 3. The van der Waals surface area contributed by atoms with Gasteiger partial charge in [0.1, 0.15) is 16.4 Å². The van der Waals surface area contributed by atoms with Crippen molar-refractivity contribution in [2.75, 3.05) is 31.6 Å². The maximum absolute atomic E-state index is 13.6. The van der Waals surface area contributed by atoms with Gasteiger partial charge in [-0.3, -0.25) is 10.1 Å². The molecule has 10 nitrogen and oxygen atoms in total. The number of amides is 2. The summed E-state index contributed by atoms with van der Waals surface area (Å²) in [6.45, 7) is 8.56. The van der Waals surface area contributed by atoms with Crippen molar-refractivity contribution >= 4 is 40.1 Å². The van der Waals surface area contributed by atoms with Crippen LogP contribution in [0.5, 0.6) is 0 Å². The zero-order valence-corrected chi connectivity index (χ0v) is 25.8. The fourth-order valence-electron chi connectivity index (χ4n) is 5.23. The molecule has 2 N–H and O–H groups in total. The number of likely N-dealkylation sites (tertiary alicyclic amines) is 1. The molecule has 0 unspecified atom stereocenters. The molecule has 0 atom stereocenters. The fourth-order valence-corrected chi connectivity index (χ4v) is 6.09. The molecule has 1 aliphatic heterocycles. The number of halogens is 3. The van der Waals surface area contributed by atoms with E-state index in [4.69, 9.17) is 4.74 Å². The van der Waals surface area contributed by atoms with Gasteiger partial charge in [-0.2, -0.15) is 13.2 Å². The summed E-state index contributed by atoms with van der Waals surface area (Å²) in [4.78, 5) is 49.3. The number of thiazole rings is 1. The van der Waals surface area contributed by atoms with Crippen molar-refractivity contribution in [3.8, 4) is 21.7 Å². The molecule has 4 aromatic rings. The number of esters is 1. The first-order valence-electron chi connectivity index (χ1n) is 14.6. The number of fused-ring (bicyclic) bond motifs is 1. The van der Waals surface area contributed by atoms with E-state index in [1.54, 1.807) is 39.0 Å². The summed E-state index contributed by atoms with van der Waals surface area (Å²) in [5.74, 6) is -0.630. The molecule has 0 radical (unpaired) electrons. The number of ether oxygens (including phenoxy) is 1. The minimum atomic E-state index is -4.65. The lowest BCUT2D eigenvalue weighted by Crippen LogP contribution is -2.34. The first-order chi connectivity index (χ1) is 21.4. The molecule has 1 aromatic carbocycles. The van der Waals surface area contributed by atoms with E-state index in [1.807, 2.05) is 4.57 Å². The number of anilines is 1. The predicted octanol–water partition coefficient (Wildman–Crippen LogP) is 6.01. The third-order valence-corrected chi connectivity index (χ3v) is 8.21. The first-order valence-corrected chi connectivity index (χ1v) is 15.5. The Morgan fingerprint density at radius 1 is 1.11 bits per heavy atom. The van der Waals surface area contributed by atoms with Crippen LogP contribution in [0.1, 0.15) is 49.7 Å². The second-order valence-electron chi connectivity index (χ2n) is 11.0. The van der Waals surface area contributed by atoms with Gasteiger partial charge >= 0.3 is 18.2 Å². The summed E-state index contributed by atoms with van der Waals surface area (Å²) in [5, 5.41) is 6.49. The Bertz CT molecular complexity index is 1780. The lowest BCUT2D eigenvalue weighted by atomic mass is 9.99. The molecule has 0 aliphatic carbocycles. The normalized spacial score (nSPS) is 13.8. The van der Waals surface area contributed by atoms with E-state index in [0.717, 1.165) is 49.2 Å². The average molecular weight is 643 g/mol. The van der Waals surface area contributed by atoms with Gasteiger partial charge in [0.05, 0.1) is 12.1 Å². The average Bonchev–Trinajstić information content (AvgIpc) is 3.69. The summed E-state index contributed by atoms with van der Waals surface area (Å²) in [7, 11) is 0. The zero-order valence-electron chi connectivity index (χ0n) is 25.0. The maximum atomic E-state index is 13.6. The van der Waals surface area contributed by atoms with Crippen molar-refractivity contribution in [1.82, 2.24) is 24.8 Å². The van der Waals surface area contributed by atoms with Crippen LogP contribution in [0.15, 0.2) is 46.8 Å². The molecule has 0 bridgehead atoms. The number of nitrogens with one attached hydrogen (secondary N) is 2. The molecule has 3 aromatic heterocycles. The molecule has 238 valence electrons. The summed E-state index contributed by atoms with van der Waals surface area (Å²) in [5.41, 5.74) is 0.0656. The Labute approximate surface area is 261 Å². The van der Waals surface area contributed by atoms with Gasteiger partial charge in [-0.25, -0.2) is 19.6 Å². The number of urea groups is 1. The maximum Gasteiger partial charge on any atom is 0.434 e. The highest BCUT2D eigenvalue weighted by atomic mass is 32.1. The summed E-state index contributed by atoms with van der Waals surface area (Å²) < 4.78 is 47.5. The topological polar surface area (TPSA) is 118 Å². The molecule has 1 fully saturated rings. The Morgan fingerprint density at radius 3 is 2.53 bits per heavy atom. The molecular weight excluding hydrogens is 609 g/mol. The number of nitrogens with zero attached hydrogens (tertiary/aromatic N) is 4. The summed E-state index contributed by atoms with van der Waals surface area (Å²) in [6, 6.07) is 5.85. The second-order valence-corrected chi connectivity index (χ2v) is 11.8. The number of benzene rings is 1.